The molecule has 0 radical (unpaired) electrons. The smallest absolute Gasteiger partial charge is 0.344 e. The number of benzene rings is 1. The molecule has 0 spiro atoms. The van der Waals surface area contributed by atoms with Gasteiger partial charge < -0.3 is 10.1 Å². The van der Waals surface area contributed by atoms with Crippen LogP contribution in [0.25, 0.3) is 10.2 Å². The monoisotopic (exact) mass is 405 g/mol. The number of aromatic amines is 1. The van der Waals surface area contributed by atoms with Crippen LogP contribution < -0.4 is 11.0 Å². The molecule has 27 heavy (non-hydrogen) atoms. The van der Waals surface area contributed by atoms with E-state index in [-0.39, 0.29) is 17.7 Å². The Bertz CT molecular complexity index is 972. The maximum absolute atomic E-state index is 12.5. The molecule has 1 aromatic carbocycles. The second-order valence-electron chi connectivity index (χ2n) is 6.29. The van der Waals surface area contributed by atoms with E-state index in [4.69, 9.17) is 4.74 Å². The normalized spacial score (nSPS) is 18.0. The number of thioether (sulfide) groups is 1. The van der Waals surface area contributed by atoms with Crippen LogP contribution in [0.1, 0.15) is 19.8 Å². The molecule has 3 aromatic rings. The Morgan fingerprint density at radius 3 is 3.15 bits per heavy atom. The molecule has 2 N–H and O–H groups in total. The van der Waals surface area contributed by atoms with Crippen molar-refractivity contribution in [3.8, 4) is 0 Å². The van der Waals surface area contributed by atoms with Gasteiger partial charge in [0.25, 0.3) is 0 Å². The predicted octanol–water partition coefficient (Wildman–Crippen LogP) is 2.48. The molecule has 1 aliphatic heterocycles. The fourth-order valence-corrected chi connectivity index (χ4v) is 4.62. The van der Waals surface area contributed by atoms with Crippen molar-refractivity contribution < 1.29 is 9.53 Å². The standard InChI is InChI=1S/C17H19N5O3S2/c1-10(14(23)19-15-18-12-6-2-3-7-13(12)27-15)26-17-21-20-16(24)22(17)9-11-5-4-8-25-11/h2-3,6-7,10-11H,4-5,8-9H2,1H3,(H,20,24)(H,18,19,23). The topological polar surface area (TPSA) is 102 Å². The van der Waals surface area contributed by atoms with E-state index in [0.29, 0.717) is 16.8 Å². The minimum atomic E-state index is -0.435. The van der Waals surface area contributed by atoms with Gasteiger partial charge in [-0.15, -0.1) is 5.10 Å². The van der Waals surface area contributed by atoms with Crippen LogP contribution in [-0.4, -0.2) is 43.6 Å². The van der Waals surface area contributed by atoms with Crippen LogP contribution in [0.3, 0.4) is 0 Å². The Kier molecular flexibility index (Phi) is 5.28. The summed E-state index contributed by atoms with van der Waals surface area (Å²) in [5.41, 5.74) is 0.572. The number of para-hydroxylation sites is 1. The lowest BCUT2D eigenvalue weighted by Crippen LogP contribution is -2.26. The number of H-pyrrole nitrogens is 1. The molecule has 142 valence electrons. The summed E-state index contributed by atoms with van der Waals surface area (Å²) in [6.45, 7) is 2.95. The van der Waals surface area contributed by atoms with Crippen LogP contribution in [0.5, 0.6) is 0 Å². The van der Waals surface area contributed by atoms with Gasteiger partial charge in [0.15, 0.2) is 10.3 Å². The molecule has 1 aliphatic rings. The van der Waals surface area contributed by atoms with Crippen LogP contribution in [0.4, 0.5) is 5.13 Å². The number of fused-ring (bicyclic) bond motifs is 1. The minimum absolute atomic E-state index is 0.0199. The minimum Gasteiger partial charge on any atom is -0.376 e. The lowest BCUT2D eigenvalue weighted by atomic mass is 10.2. The van der Waals surface area contributed by atoms with Gasteiger partial charge in [0.2, 0.25) is 5.91 Å². The molecule has 0 saturated carbocycles. The van der Waals surface area contributed by atoms with Crippen LogP contribution >= 0.6 is 23.1 Å². The number of ether oxygens (including phenoxy) is 1. The SMILES string of the molecule is CC(Sc1n[nH]c(=O)n1CC1CCCO1)C(=O)Nc1nc2ccccc2s1. The van der Waals surface area contributed by atoms with E-state index in [1.54, 1.807) is 11.5 Å². The molecule has 0 bridgehead atoms. The van der Waals surface area contributed by atoms with E-state index in [1.807, 2.05) is 24.3 Å². The third-order valence-corrected chi connectivity index (χ3v) is 6.35. The average molecular weight is 406 g/mol. The molecular formula is C17H19N5O3S2. The summed E-state index contributed by atoms with van der Waals surface area (Å²) in [6, 6.07) is 7.73. The molecule has 1 amide bonds. The van der Waals surface area contributed by atoms with Gasteiger partial charge in [0, 0.05) is 6.61 Å². The summed E-state index contributed by atoms with van der Waals surface area (Å²) in [7, 11) is 0. The van der Waals surface area contributed by atoms with Crippen molar-refractivity contribution in [1.29, 1.82) is 0 Å². The number of carbonyl (C=O) groups is 1. The molecule has 0 aliphatic carbocycles. The number of aromatic nitrogens is 4. The number of thiazole rings is 1. The van der Waals surface area contributed by atoms with E-state index in [1.165, 1.54) is 23.1 Å². The Morgan fingerprint density at radius 2 is 2.37 bits per heavy atom. The number of nitrogens with one attached hydrogen (secondary N) is 2. The van der Waals surface area contributed by atoms with E-state index in [2.05, 4.69) is 20.5 Å². The Morgan fingerprint density at radius 1 is 1.52 bits per heavy atom. The maximum Gasteiger partial charge on any atom is 0.344 e. The van der Waals surface area contributed by atoms with Crippen molar-refractivity contribution in [2.75, 3.05) is 11.9 Å². The lowest BCUT2D eigenvalue weighted by Gasteiger charge is -2.13. The zero-order chi connectivity index (χ0) is 18.8. The summed E-state index contributed by atoms with van der Waals surface area (Å²) in [6.07, 6.45) is 1.95. The molecule has 1 fully saturated rings. The number of amides is 1. The van der Waals surface area contributed by atoms with Crippen LogP contribution in [-0.2, 0) is 16.1 Å². The predicted molar refractivity (Wildman–Crippen MR) is 105 cm³/mol. The Balaban J connectivity index is 1.43. The summed E-state index contributed by atoms with van der Waals surface area (Å²) in [4.78, 5) is 29.0. The first kappa shape index (κ1) is 18.2. The first-order valence-electron chi connectivity index (χ1n) is 8.70. The number of nitrogens with zero attached hydrogens (tertiary/aromatic N) is 3. The van der Waals surface area contributed by atoms with E-state index >= 15 is 0 Å². The van der Waals surface area contributed by atoms with Gasteiger partial charge in [-0.1, -0.05) is 35.2 Å². The average Bonchev–Trinajstić information content (AvgIpc) is 3.38. The Hall–Kier alpha value is -2.17. The summed E-state index contributed by atoms with van der Waals surface area (Å²) in [5.74, 6) is -0.182. The molecule has 2 unspecified atom stereocenters. The fourth-order valence-electron chi connectivity index (χ4n) is 2.89. The van der Waals surface area contributed by atoms with E-state index < -0.39 is 5.25 Å². The number of rotatable bonds is 6. The second-order valence-corrected chi connectivity index (χ2v) is 8.63. The molecule has 10 heteroatoms. The second kappa shape index (κ2) is 7.83. The van der Waals surface area contributed by atoms with Gasteiger partial charge in [0.05, 0.1) is 28.1 Å². The highest BCUT2D eigenvalue weighted by Gasteiger charge is 2.23. The summed E-state index contributed by atoms with van der Waals surface area (Å²) < 4.78 is 8.16. The van der Waals surface area contributed by atoms with Crippen LogP contribution in [0.15, 0.2) is 34.2 Å². The number of hydrogen-bond donors (Lipinski definition) is 2. The highest BCUT2D eigenvalue weighted by atomic mass is 32.2. The van der Waals surface area contributed by atoms with Gasteiger partial charge in [-0.3, -0.25) is 9.36 Å². The number of carbonyl (C=O) groups excluding carboxylic acids is 1. The molecular weight excluding hydrogens is 386 g/mol. The first-order chi connectivity index (χ1) is 13.1. The fraction of sp³-hybridized carbons (Fsp3) is 0.412. The lowest BCUT2D eigenvalue weighted by molar-refractivity contribution is -0.115. The molecule has 1 saturated heterocycles. The zero-order valence-corrected chi connectivity index (χ0v) is 16.3. The van der Waals surface area contributed by atoms with Crippen LogP contribution in [0, 0.1) is 0 Å². The van der Waals surface area contributed by atoms with Crippen molar-refractivity contribution in [3.63, 3.8) is 0 Å². The van der Waals surface area contributed by atoms with Gasteiger partial charge >= 0.3 is 5.69 Å². The maximum atomic E-state index is 12.5. The quantitative estimate of drug-likeness (QED) is 0.611. The third-order valence-electron chi connectivity index (χ3n) is 4.31. The molecule has 4 rings (SSSR count). The van der Waals surface area contributed by atoms with Crippen LogP contribution in [0.2, 0.25) is 0 Å². The highest BCUT2D eigenvalue weighted by Crippen LogP contribution is 2.27. The molecule has 3 heterocycles. The third kappa shape index (κ3) is 4.07. The summed E-state index contributed by atoms with van der Waals surface area (Å²) >= 11 is 2.67. The molecule has 8 nitrogen and oxygen atoms in total. The highest BCUT2D eigenvalue weighted by molar-refractivity contribution is 8.00. The number of hydrogen-bond acceptors (Lipinski definition) is 7. The van der Waals surface area contributed by atoms with Gasteiger partial charge in [-0.25, -0.2) is 14.9 Å². The van der Waals surface area contributed by atoms with Crippen molar-refractivity contribution in [2.45, 2.75) is 42.8 Å². The molecule has 2 aromatic heterocycles. The van der Waals surface area contributed by atoms with E-state index in [9.17, 15) is 9.59 Å². The van der Waals surface area contributed by atoms with Crippen molar-refractivity contribution >= 4 is 44.4 Å². The zero-order valence-electron chi connectivity index (χ0n) is 14.7. The van der Waals surface area contributed by atoms with Crippen molar-refractivity contribution in [3.05, 3.63) is 34.7 Å². The van der Waals surface area contributed by atoms with E-state index in [0.717, 1.165) is 29.7 Å². The number of anilines is 1. The molecule has 2 atom stereocenters. The van der Waals surface area contributed by atoms with Gasteiger partial charge in [0.1, 0.15) is 0 Å². The van der Waals surface area contributed by atoms with Gasteiger partial charge in [-0.2, -0.15) is 0 Å². The first-order valence-corrected chi connectivity index (χ1v) is 10.4. The largest absolute Gasteiger partial charge is 0.376 e. The van der Waals surface area contributed by atoms with Crippen molar-refractivity contribution in [2.24, 2.45) is 0 Å². The Labute approximate surface area is 163 Å². The van der Waals surface area contributed by atoms with Gasteiger partial charge in [-0.05, 0) is 31.9 Å². The summed E-state index contributed by atoms with van der Waals surface area (Å²) in [5, 5.41) is 9.99. The van der Waals surface area contributed by atoms with Crippen molar-refractivity contribution in [1.82, 2.24) is 19.7 Å².